The van der Waals surface area contributed by atoms with Crippen LogP contribution < -0.4 is 10.1 Å². The predicted octanol–water partition coefficient (Wildman–Crippen LogP) is 3.55. The summed E-state index contributed by atoms with van der Waals surface area (Å²) in [5.74, 6) is 3.33. The molecule has 10 heteroatoms. The van der Waals surface area contributed by atoms with Gasteiger partial charge >= 0.3 is 0 Å². The number of aryl methyl sites for hydroxylation is 1. The van der Waals surface area contributed by atoms with E-state index in [1.54, 1.807) is 7.11 Å². The van der Waals surface area contributed by atoms with E-state index in [0.29, 0.717) is 24.1 Å². The lowest BCUT2D eigenvalue weighted by atomic mass is 10.1. The first-order valence-electron chi connectivity index (χ1n) is 10.5. The molecule has 3 rings (SSSR count). The van der Waals surface area contributed by atoms with Crippen LogP contribution in [0.25, 0.3) is 11.4 Å². The van der Waals surface area contributed by atoms with Crippen LogP contribution in [0.4, 0.5) is 0 Å². The van der Waals surface area contributed by atoms with Crippen LogP contribution in [0.3, 0.4) is 0 Å². The van der Waals surface area contributed by atoms with Crippen molar-refractivity contribution in [2.75, 3.05) is 20.7 Å². The molecule has 0 bridgehead atoms. The summed E-state index contributed by atoms with van der Waals surface area (Å²) in [7, 11) is 5.63. The van der Waals surface area contributed by atoms with Gasteiger partial charge < -0.3 is 15.0 Å². The van der Waals surface area contributed by atoms with E-state index < -0.39 is 0 Å². The highest BCUT2D eigenvalue weighted by atomic mass is 127. The first kappa shape index (κ1) is 25.6. The topological polar surface area (TPSA) is 96.2 Å². The van der Waals surface area contributed by atoms with Gasteiger partial charge in [-0.3, -0.25) is 9.78 Å². The molecule has 0 aliphatic heterocycles. The maximum absolute atomic E-state index is 5.20. The standard InChI is InChI=1S/C22H32N8O.HI/c1-7-23-22(29(4)13-17-14-30(5)28-20(17)15(2)3)24-12-19-25-21(27-26-19)16-8-10-18(31-6)11-9-16;/h8-11,14-15H,7,12-13H2,1-6H3,(H,23,24)(H,25,26,27);1H. The van der Waals surface area contributed by atoms with Crippen LogP contribution in [0.15, 0.2) is 35.5 Å². The molecule has 0 unspecified atom stereocenters. The summed E-state index contributed by atoms with van der Waals surface area (Å²) in [5.41, 5.74) is 3.24. The van der Waals surface area contributed by atoms with Crippen molar-refractivity contribution in [3.05, 3.63) is 47.5 Å². The van der Waals surface area contributed by atoms with Gasteiger partial charge in [0.1, 0.15) is 18.1 Å². The number of benzene rings is 1. The minimum atomic E-state index is 0. The second-order valence-electron chi connectivity index (χ2n) is 7.73. The molecule has 0 aliphatic rings. The van der Waals surface area contributed by atoms with E-state index in [4.69, 9.17) is 9.73 Å². The molecule has 3 aromatic rings. The van der Waals surface area contributed by atoms with Crippen LogP contribution in [0.2, 0.25) is 0 Å². The molecule has 1 aromatic carbocycles. The Kier molecular flexibility index (Phi) is 9.48. The number of nitrogens with one attached hydrogen (secondary N) is 2. The van der Waals surface area contributed by atoms with Crippen LogP contribution in [-0.4, -0.2) is 56.5 Å². The second kappa shape index (κ2) is 11.8. The maximum Gasteiger partial charge on any atom is 0.194 e. The summed E-state index contributed by atoms with van der Waals surface area (Å²) < 4.78 is 7.07. The number of rotatable bonds is 8. The SMILES string of the molecule is CCNC(=NCc1nc(-c2ccc(OC)cc2)n[nH]1)N(C)Cc1cn(C)nc1C(C)C.I. The third kappa shape index (κ3) is 6.44. The van der Waals surface area contributed by atoms with E-state index in [1.165, 1.54) is 5.56 Å². The van der Waals surface area contributed by atoms with Crippen molar-refractivity contribution in [3.8, 4) is 17.1 Å². The highest BCUT2D eigenvalue weighted by Gasteiger charge is 2.15. The van der Waals surface area contributed by atoms with E-state index in [-0.39, 0.29) is 24.0 Å². The summed E-state index contributed by atoms with van der Waals surface area (Å²) in [6.45, 7) is 8.29. The molecule has 0 aliphatic carbocycles. The summed E-state index contributed by atoms with van der Waals surface area (Å²) in [4.78, 5) is 11.4. The first-order chi connectivity index (χ1) is 14.9. The fourth-order valence-electron chi connectivity index (χ4n) is 3.35. The highest BCUT2D eigenvalue weighted by Crippen LogP contribution is 2.20. The van der Waals surface area contributed by atoms with Gasteiger partial charge in [-0.1, -0.05) is 13.8 Å². The zero-order chi connectivity index (χ0) is 22.4. The van der Waals surface area contributed by atoms with Gasteiger partial charge in [0.25, 0.3) is 0 Å². The van der Waals surface area contributed by atoms with Crippen molar-refractivity contribution < 1.29 is 4.74 Å². The van der Waals surface area contributed by atoms with Crippen LogP contribution in [0.1, 0.15) is 43.8 Å². The van der Waals surface area contributed by atoms with Crippen molar-refractivity contribution in [1.29, 1.82) is 0 Å². The fourth-order valence-corrected chi connectivity index (χ4v) is 3.35. The zero-order valence-electron chi connectivity index (χ0n) is 19.6. The maximum atomic E-state index is 5.20. The van der Waals surface area contributed by atoms with Gasteiger partial charge in [0.15, 0.2) is 11.8 Å². The summed E-state index contributed by atoms with van der Waals surface area (Å²) in [5, 5.41) is 15.3. The van der Waals surface area contributed by atoms with E-state index in [0.717, 1.165) is 36.1 Å². The number of methoxy groups -OCH3 is 1. The van der Waals surface area contributed by atoms with Crippen molar-refractivity contribution in [1.82, 2.24) is 35.2 Å². The molecule has 2 heterocycles. The molecule has 2 N–H and O–H groups in total. The van der Waals surface area contributed by atoms with Gasteiger partial charge in [0.05, 0.1) is 12.8 Å². The Balaban J connectivity index is 0.00000363. The Hall–Kier alpha value is -2.63. The lowest BCUT2D eigenvalue weighted by molar-refractivity contribution is 0.415. The Morgan fingerprint density at radius 1 is 1.28 bits per heavy atom. The number of hydrogen-bond donors (Lipinski definition) is 2. The Morgan fingerprint density at radius 2 is 2.00 bits per heavy atom. The van der Waals surface area contributed by atoms with Gasteiger partial charge in [-0.25, -0.2) is 9.98 Å². The molecular formula is C22H33IN8O. The van der Waals surface area contributed by atoms with Crippen molar-refractivity contribution in [3.63, 3.8) is 0 Å². The molecule has 0 radical (unpaired) electrons. The molecule has 0 spiro atoms. The smallest absolute Gasteiger partial charge is 0.194 e. The van der Waals surface area contributed by atoms with E-state index in [2.05, 4.69) is 57.5 Å². The van der Waals surface area contributed by atoms with Gasteiger partial charge in [-0.2, -0.15) is 10.2 Å². The average molecular weight is 552 g/mol. The van der Waals surface area contributed by atoms with E-state index >= 15 is 0 Å². The molecule has 0 saturated carbocycles. The van der Waals surface area contributed by atoms with Crippen LogP contribution >= 0.6 is 24.0 Å². The first-order valence-corrected chi connectivity index (χ1v) is 10.5. The van der Waals surface area contributed by atoms with Crippen molar-refractivity contribution in [2.45, 2.75) is 39.8 Å². The Labute approximate surface area is 206 Å². The number of aliphatic imine (C=N–C) groups is 1. The second-order valence-corrected chi connectivity index (χ2v) is 7.73. The molecule has 0 fully saturated rings. The number of nitrogens with zero attached hydrogens (tertiary/aromatic N) is 6. The number of ether oxygens (including phenoxy) is 1. The fraction of sp³-hybridized carbons (Fsp3) is 0.455. The molecule has 0 atom stereocenters. The zero-order valence-corrected chi connectivity index (χ0v) is 21.9. The molecule has 2 aromatic heterocycles. The lowest BCUT2D eigenvalue weighted by Crippen LogP contribution is -2.38. The quantitative estimate of drug-likeness (QED) is 0.252. The number of hydrogen-bond acceptors (Lipinski definition) is 5. The normalized spacial score (nSPS) is 11.4. The van der Waals surface area contributed by atoms with Gasteiger partial charge in [-0.05, 0) is 37.1 Å². The third-order valence-electron chi connectivity index (χ3n) is 4.85. The van der Waals surface area contributed by atoms with Crippen LogP contribution in [0.5, 0.6) is 5.75 Å². The van der Waals surface area contributed by atoms with Gasteiger partial charge in [0, 0.05) is 44.5 Å². The molecular weight excluding hydrogens is 519 g/mol. The molecule has 9 nitrogen and oxygen atoms in total. The van der Waals surface area contributed by atoms with Crippen LogP contribution in [-0.2, 0) is 20.1 Å². The lowest BCUT2D eigenvalue weighted by Gasteiger charge is -2.22. The average Bonchev–Trinajstić information content (AvgIpc) is 3.37. The predicted molar refractivity (Wildman–Crippen MR) is 137 cm³/mol. The number of guanidine groups is 1. The highest BCUT2D eigenvalue weighted by molar-refractivity contribution is 14.0. The monoisotopic (exact) mass is 552 g/mol. The summed E-state index contributed by atoms with van der Waals surface area (Å²) >= 11 is 0. The van der Waals surface area contributed by atoms with Crippen molar-refractivity contribution in [2.24, 2.45) is 12.0 Å². The minimum Gasteiger partial charge on any atom is -0.497 e. The van der Waals surface area contributed by atoms with Crippen molar-refractivity contribution >= 4 is 29.9 Å². The van der Waals surface area contributed by atoms with Gasteiger partial charge in [0.2, 0.25) is 0 Å². The van der Waals surface area contributed by atoms with Crippen LogP contribution in [0, 0.1) is 0 Å². The number of H-pyrrole nitrogens is 1. The largest absolute Gasteiger partial charge is 0.497 e. The summed E-state index contributed by atoms with van der Waals surface area (Å²) in [6.07, 6.45) is 2.08. The molecule has 32 heavy (non-hydrogen) atoms. The Bertz CT molecular complexity index is 1010. The van der Waals surface area contributed by atoms with Gasteiger partial charge in [-0.15, -0.1) is 24.0 Å². The summed E-state index contributed by atoms with van der Waals surface area (Å²) in [6, 6.07) is 7.66. The number of aromatic nitrogens is 5. The molecule has 0 saturated heterocycles. The minimum absolute atomic E-state index is 0. The number of aromatic amines is 1. The Morgan fingerprint density at radius 3 is 2.62 bits per heavy atom. The molecule has 0 amide bonds. The molecule has 174 valence electrons. The number of halogens is 1. The van der Waals surface area contributed by atoms with E-state index in [9.17, 15) is 0 Å². The third-order valence-corrected chi connectivity index (χ3v) is 4.85. The van der Waals surface area contributed by atoms with E-state index in [1.807, 2.05) is 43.0 Å².